The molecule has 0 aliphatic heterocycles. The Hall–Kier alpha value is -0.300. The van der Waals surface area contributed by atoms with Crippen molar-refractivity contribution in [2.24, 2.45) is 11.8 Å². The van der Waals surface area contributed by atoms with Gasteiger partial charge < -0.3 is 12.0 Å². The summed E-state index contributed by atoms with van der Waals surface area (Å²) in [4.78, 5) is 0. The van der Waals surface area contributed by atoms with E-state index in [1.807, 2.05) is 0 Å². The summed E-state index contributed by atoms with van der Waals surface area (Å²) in [7, 11) is 0. The van der Waals surface area contributed by atoms with Gasteiger partial charge in [0.2, 0.25) is 0 Å². The van der Waals surface area contributed by atoms with Crippen LogP contribution in [0.25, 0.3) is 0 Å². The molecule has 0 bridgehead atoms. The summed E-state index contributed by atoms with van der Waals surface area (Å²) in [6.07, 6.45) is 3.75. The molecule has 0 aromatic carbocycles. The lowest BCUT2D eigenvalue weighted by Crippen LogP contribution is -2.28. The Labute approximate surface area is 69.1 Å². The lowest BCUT2D eigenvalue weighted by molar-refractivity contribution is 0.107. The van der Waals surface area contributed by atoms with Crippen LogP contribution in [0, 0.1) is 18.8 Å². The summed E-state index contributed by atoms with van der Waals surface area (Å²) in [6.45, 7) is 8.08. The molecule has 0 heterocycles. The van der Waals surface area contributed by atoms with Gasteiger partial charge in [-0.05, 0) is 18.3 Å². The van der Waals surface area contributed by atoms with E-state index in [0.29, 0.717) is 11.8 Å². The van der Waals surface area contributed by atoms with E-state index in [9.17, 15) is 5.11 Å². The number of aliphatic hydroxyl groups is 1. The fourth-order valence-electron chi connectivity index (χ4n) is 1.57. The molecule has 0 saturated heterocycles. The van der Waals surface area contributed by atoms with Crippen molar-refractivity contribution in [1.82, 2.24) is 0 Å². The molecule has 0 saturated carbocycles. The largest absolute Gasteiger partial charge is 0.389 e. The average Bonchev–Trinajstić information content (AvgIpc) is 2.01. The Balaban J connectivity index is 2.70. The van der Waals surface area contributed by atoms with Gasteiger partial charge in [-0.15, -0.1) is 0 Å². The topological polar surface area (TPSA) is 20.2 Å². The Morgan fingerprint density at radius 1 is 1.64 bits per heavy atom. The van der Waals surface area contributed by atoms with Gasteiger partial charge in [0.15, 0.2) is 0 Å². The van der Waals surface area contributed by atoms with Crippen molar-refractivity contribution in [2.45, 2.75) is 32.8 Å². The molecule has 0 radical (unpaired) electrons. The van der Waals surface area contributed by atoms with Crippen molar-refractivity contribution in [3.8, 4) is 0 Å². The number of hydrogen-bond donors (Lipinski definition) is 1. The molecular weight excluding hydrogens is 136 g/mol. The molecule has 64 valence electrons. The summed E-state index contributed by atoms with van der Waals surface area (Å²) in [5, 5.41) is 9.70. The van der Waals surface area contributed by atoms with Crippen LogP contribution in [0.3, 0.4) is 0 Å². The lowest BCUT2D eigenvalue weighted by atomic mass is 9.79. The fraction of sp³-hybridized carbons (Fsp3) is 0.700. The maximum absolute atomic E-state index is 9.70. The average molecular weight is 153 g/mol. The molecule has 0 amide bonds. The van der Waals surface area contributed by atoms with E-state index in [1.165, 1.54) is 0 Å². The van der Waals surface area contributed by atoms with Crippen LogP contribution in [0.5, 0.6) is 0 Å². The number of hydrogen-bond acceptors (Lipinski definition) is 1. The van der Waals surface area contributed by atoms with E-state index in [4.69, 9.17) is 0 Å². The molecule has 0 fully saturated rings. The maximum atomic E-state index is 9.70. The van der Waals surface area contributed by atoms with Crippen LogP contribution in [0.1, 0.15) is 26.7 Å². The molecule has 0 aromatic heterocycles. The molecule has 1 aliphatic rings. The molecule has 11 heavy (non-hydrogen) atoms. The van der Waals surface area contributed by atoms with E-state index in [2.05, 4.69) is 26.8 Å². The van der Waals surface area contributed by atoms with Gasteiger partial charge in [0.25, 0.3) is 0 Å². The van der Waals surface area contributed by atoms with Crippen LogP contribution >= 0.6 is 0 Å². The van der Waals surface area contributed by atoms with Crippen LogP contribution < -0.4 is 0 Å². The summed E-state index contributed by atoms with van der Waals surface area (Å²) in [6, 6.07) is 0. The molecule has 1 nitrogen and oxygen atoms in total. The first-order chi connectivity index (χ1) is 5.16. The van der Waals surface area contributed by atoms with Gasteiger partial charge in [0.1, 0.15) is 0 Å². The zero-order chi connectivity index (χ0) is 8.43. The zero-order valence-corrected chi connectivity index (χ0v) is 7.38. The second kappa shape index (κ2) is 3.40. The predicted molar refractivity (Wildman–Crippen MR) is 47.0 cm³/mol. The lowest BCUT2D eigenvalue weighted by Gasteiger charge is -2.32. The van der Waals surface area contributed by atoms with Crippen molar-refractivity contribution in [1.29, 1.82) is 0 Å². The molecule has 0 spiro atoms. The van der Waals surface area contributed by atoms with Gasteiger partial charge in [-0.3, -0.25) is 0 Å². The first-order valence-corrected chi connectivity index (χ1v) is 4.33. The monoisotopic (exact) mass is 153 g/mol. The minimum Gasteiger partial charge on any atom is -0.389 e. The minimum absolute atomic E-state index is 0.240. The van der Waals surface area contributed by atoms with Crippen LogP contribution in [-0.4, -0.2) is 11.2 Å². The van der Waals surface area contributed by atoms with Crippen molar-refractivity contribution in [3.05, 3.63) is 18.6 Å². The Morgan fingerprint density at radius 3 is 2.82 bits per heavy atom. The van der Waals surface area contributed by atoms with Crippen molar-refractivity contribution in [3.63, 3.8) is 0 Å². The highest BCUT2D eigenvalue weighted by Crippen LogP contribution is 2.30. The van der Waals surface area contributed by atoms with Crippen molar-refractivity contribution < 1.29 is 5.11 Å². The zero-order valence-electron chi connectivity index (χ0n) is 7.38. The van der Waals surface area contributed by atoms with Crippen LogP contribution in [0.4, 0.5) is 0 Å². The van der Waals surface area contributed by atoms with Gasteiger partial charge in [0, 0.05) is 0 Å². The molecule has 1 aliphatic carbocycles. The Kier molecular flexibility index (Phi) is 2.72. The maximum Gasteiger partial charge on any atom is 0.0753 e. The van der Waals surface area contributed by atoms with Gasteiger partial charge in [-0.1, -0.05) is 25.5 Å². The quantitative estimate of drug-likeness (QED) is 0.452. The second-order valence-corrected chi connectivity index (χ2v) is 3.55. The van der Waals surface area contributed by atoms with Gasteiger partial charge in [-0.2, -0.15) is 6.42 Å². The first-order valence-electron chi connectivity index (χ1n) is 4.33. The molecule has 1 rings (SSSR count). The fourth-order valence-corrected chi connectivity index (χ4v) is 1.57. The van der Waals surface area contributed by atoms with E-state index in [1.54, 1.807) is 0 Å². The van der Waals surface area contributed by atoms with E-state index < -0.39 is 0 Å². The third kappa shape index (κ3) is 1.64. The molecule has 1 heteroatoms. The number of allylic oxidation sites excluding steroid dienone is 1. The highest BCUT2D eigenvalue weighted by Gasteiger charge is 2.25. The van der Waals surface area contributed by atoms with Crippen LogP contribution in [-0.2, 0) is 0 Å². The number of aliphatic hydroxyl groups excluding tert-OH is 1. The van der Waals surface area contributed by atoms with Gasteiger partial charge in [0.05, 0.1) is 6.10 Å². The molecule has 0 aromatic rings. The van der Waals surface area contributed by atoms with E-state index in [0.717, 1.165) is 18.4 Å². The van der Waals surface area contributed by atoms with Crippen molar-refractivity contribution >= 4 is 0 Å². The molecule has 3 atom stereocenters. The SMILES string of the molecule is [CH2-]CC1=CCC(C)C(C)C1O. The normalized spacial score (nSPS) is 38.5. The summed E-state index contributed by atoms with van der Waals surface area (Å²) < 4.78 is 0. The number of rotatable bonds is 1. The van der Waals surface area contributed by atoms with E-state index >= 15 is 0 Å². The second-order valence-electron chi connectivity index (χ2n) is 3.55. The highest BCUT2D eigenvalue weighted by molar-refractivity contribution is 5.14. The Morgan fingerprint density at radius 2 is 2.27 bits per heavy atom. The van der Waals surface area contributed by atoms with E-state index in [-0.39, 0.29) is 6.10 Å². The third-order valence-corrected chi connectivity index (χ3v) is 2.82. The highest BCUT2D eigenvalue weighted by atomic mass is 16.3. The molecule has 3 unspecified atom stereocenters. The van der Waals surface area contributed by atoms with Gasteiger partial charge in [-0.25, -0.2) is 0 Å². The van der Waals surface area contributed by atoms with Crippen LogP contribution in [0.15, 0.2) is 11.6 Å². The summed E-state index contributed by atoms with van der Waals surface area (Å²) in [5.41, 5.74) is 1.12. The molecule has 1 N–H and O–H groups in total. The summed E-state index contributed by atoms with van der Waals surface area (Å²) in [5.74, 6) is 1.01. The minimum atomic E-state index is -0.240. The molecular formula is C10H17O-. The Bertz CT molecular complexity index is 160. The predicted octanol–water partition coefficient (Wildman–Crippen LogP) is 2.17. The first kappa shape index (κ1) is 8.79. The smallest absolute Gasteiger partial charge is 0.0753 e. The summed E-state index contributed by atoms with van der Waals surface area (Å²) >= 11 is 0. The standard InChI is InChI=1S/C10H17O/c1-4-9-6-5-7(2)8(3)10(9)11/h6-8,10-11H,1,4-5H2,2-3H3/q-1. The van der Waals surface area contributed by atoms with Gasteiger partial charge >= 0.3 is 0 Å². The van der Waals surface area contributed by atoms with Crippen molar-refractivity contribution in [2.75, 3.05) is 0 Å². The third-order valence-electron chi connectivity index (χ3n) is 2.82. The van der Waals surface area contributed by atoms with Crippen LogP contribution in [0.2, 0.25) is 0 Å².